The lowest BCUT2D eigenvalue weighted by Crippen LogP contribution is -2.55. The molecule has 0 aromatic carbocycles. The molecular weight excluding hydrogens is 370 g/mol. The number of ether oxygens (including phenoxy) is 1. The van der Waals surface area contributed by atoms with E-state index in [1.807, 2.05) is 25.7 Å². The summed E-state index contributed by atoms with van der Waals surface area (Å²) in [5, 5.41) is 9.21. The lowest BCUT2D eigenvalue weighted by Gasteiger charge is -2.52. The Labute approximate surface area is 174 Å². The highest BCUT2D eigenvalue weighted by atomic mass is 16.6. The molecule has 2 amide bonds. The van der Waals surface area contributed by atoms with E-state index in [0.717, 1.165) is 71.1 Å². The second-order valence-corrected chi connectivity index (χ2v) is 10.8. The Bertz CT molecular complexity index is 632. The van der Waals surface area contributed by atoms with E-state index in [1.165, 1.54) is 0 Å². The predicted octanol–water partition coefficient (Wildman–Crippen LogP) is 3.63. The Hall–Kier alpha value is -1.50. The highest BCUT2D eigenvalue weighted by Crippen LogP contribution is 2.50. The van der Waals surface area contributed by atoms with Crippen molar-refractivity contribution in [3.8, 4) is 0 Å². The average molecular weight is 408 g/mol. The first-order chi connectivity index (χ1) is 13.7. The molecule has 4 rings (SSSR count). The Morgan fingerprint density at radius 3 is 2.31 bits per heavy atom. The maximum absolute atomic E-state index is 12.6. The highest BCUT2D eigenvalue weighted by molar-refractivity contribution is 5.69. The number of hydrogen-bond acceptors (Lipinski definition) is 4. The Morgan fingerprint density at radius 2 is 1.72 bits per heavy atom. The summed E-state index contributed by atoms with van der Waals surface area (Å²) >= 11 is 0. The molecule has 3 aliphatic heterocycles. The molecule has 29 heavy (non-hydrogen) atoms. The molecular formula is C22H37N3O4. The molecule has 0 unspecified atom stereocenters. The van der Waals surface area contributed by atoms with Gasteiger partial charge in [0, 0.05) is 31.7 Å². The number of nitrogens with zero attached hydrogens (tertiary/aromatic N) is 3. The zero-order chi connectivity index (χ0) is 20.8. The van der Waals surface area contributed by atoms with Gasteiger partial charge in [0.15, 0.2) is 0 Å². The normalized spacial score (nSPS) is 33.9. The quantitative estimate of drug-likeness (QED) is 0.757. The van der Waals surface area contributed by atoms with Gasteiger partial charge >= 0.3 is 12.2 Å². The third kappa shape index (κ3) is 4.35. The topological polar surface area (TPSA) is 73.3 Å². The van der Waals surface area contributed by atoms with Crippen LogP contribution in [0.2, 0.25) is 0 Å². The second-order valence-electron chi connectivity index (χ2n) is 10.8. The van der Waals surface area contributed by atoms with Crippen LogP contribution in [0.1, 0.15) is 65.7 Å². The molecule has 7 nitrogen and oxygen atoms in total. The van der Waals surface area contributed by atoms with E-state index in [4.69, 9.17) is 4.74 Å². The van der Waals surface area contributed by atoms with Crippen molar-refractivity contribution >= 4 is 12.2 Å². The monoisotopic (exact) mass is 407 g/mol. The number of hydrogen-bond donors (Lipinski definition) is 1. The predicted molar refractivity (Wildman–Crippen MR) is 110 cm³/mol. The van der Waals surface area contributed by atoms with Gasteiger partial charge in [-0.15, -0.1) is 0 Å². The number of carbonyl (C=O) groups excluding carboxylic acids is 1. The molecule has 1 aliphatic carbocycles. The number of rotatable bonds is 2. The van der Waals surface area contributed by atoms with Crippen LogP contribution in [0, 0.1) is 11.3 Å². The van der Waals surface area contributed by atoms with Gasteiger partial charge in [-0.1, -0.05) is 0 Å². The van der Waals surface area contributed by atoms with Gasteiger partial charge in [0.2, 0.25) is 0 Å². The molecule has 1 N–H and O–H groups in total. The number of carboxylic acid groups (broad SMARTS) is 1. The average Bonchev–Trinajstić information content (AvgIpc) is 3.27. The fraction of sp³-hybridized carbons (Fsp3) is 0.909. The lowest BCUT2D eigenvalue weighted by atomic mass is 9.64. The SMILES string of the molecule is CC(C)(C)OC(=O)N1CCC[C@H]1C1CCN(C2CC3(CCN(C(=O)O)C3)C2)CC1. The summed E-state index contributed by atoms with van der Waals surface area (Å²) in [7, 11) is 0. The Balaban J connectivity index is 1.25. The van der Waals surface area contributed by atoms with Crippen LogP contribution < -0.4 is 0 Å². The van der Waals surface area contributed by atoms with Crippen LogP contribution in [-0.4, -0.2) is 82.4 Å². The summed E-state index contributed by atoms with van der Waals surface area (Å²) in [4.78, 5) is 30.0. The Kier molecular flexibility index (Phi) is 5.47. The number of likely N-dealkylation sites (tertiary alicyclic amines) is 3. The van der Waals surface area contributed by atoms with Crippen LogP contribution in [-0.2, 0) is 4.74 Å². The minimum atomic E-state index is -0.766. The van der Waals surface area contributed by atoms with E-state index in [-0.39, 0.29) is 11.5 Å². The van der Waals surface area contributed by atoms with E-state index >= 15 is 0 Å². The number of piperidine rings is 1. The van der Waals surface area contributed by atoms with Crippen LogP contribution in [0.4, 0.5) is 9.59 Å². The molecule has 0 bridgehead atoms. The summed E-state index contributed by atoms with van der Waals surface area (Å²) < 4.78 is 5.64. The van der Waals surface area contributed by atoms with Crippen molar-refractivity contribution in [1.82, 2.24) is 14.7 Å². The minimum absolute atomic E-state index is 0.146. The van der Waals surface area contributed by atoms with Crippen molar-refractivity contribution in [2.75, 3.05) is 32.7 Å². The molecule has 1 saturated carbocycles. The van der Waals surface area contributed by atoms with Gasteiger partial charge < -0.3 is 24.5 Å². The van der Waals surface area contributed by atoms with E-state index in [2.05, 4.69) is 4.90 Å². The van der Waals surface area contributed by atoms with E-state index in [1.54, 1.807) is 4.90 Å². The fourth-order valence-electron chi connectivity index (χ4n) is 6.13. The molecule has 1 atom stereocenters. The lowest BCUT2D eigenvalue weighted by molar-refractivity contribution is -0.0190. The van der Waals surface area contributed by atoms with E-state index < -0.39 is 11.7 Å². The molecule has 3 heterocycles. The highest BCUT2D eigenvalue weighted by Gasteiger charge is 2.51. The van der Waals surface area contributed by atoms with Crippen molar-refractivity contribution in [3.05, 3.63) is 0 Å². The first-order valence-electron chi connectivity index (χ1n) is 11.4. The minimum Gasteiger partial charge on any atom is -0.465 e. The molecule has 3 saturated heterocycles. The summed E-state index contributed by atoms with van der Waals surface area (Å²) in [5.74, 6) is 0.573. The zero-order valence-electron chi connectivity index (χ0n) is 18.2. The first-order valence-corrected chi connectivity index (χ1v) is 11.4. The third-order valence-corrected chi connectivity index (χ3v) is 7.61. The van der Waals surface area contributed by atoms with Gasteiger partial charge in [-0.3, -0.25) is 0 Å². The Morgan fingerprint density at radius 1 is 1.03 bits per heavy atom. The standard InChI is InChI=1S/C22H37N3O4/c1-21(2,3)29-20(28)25-9-4-5-18(25)16-6-10-23(11-7-16)17-13-22(14-17)8-12-24(15-22)19(26)27/h16-18H,4-15H2,1-3H3,(H,26,27)/t17?,18-,22?/m0/s1. The summed E-state index contributed by atoms with van der Waals surface area (Å²) in [5.41, 5.74) is -0.191. The van der Waals surface area contributed by atoms with Gasteiger partial charge in [0.25, 0.3) is 0 Å². The van der Waals surface area contributed by atoms with Gasteiger partial charge in [0.1, 0.15) is 5.60 Å². The maximum atomic E-state index is 12.6. The number of carbonyl (C=O) groups is 2. The van der Waals surface area contributed by atoms with Crippen molar-refractivity contribution in [2.24, 2.45) is 11.3 Å². The maximum Gasteiger partial charge on any atom is 0.410 e. The van der Waals surface area contributed by atoms with Crippen LogP contribution >= 0.6 is 0 Å². The molecule has 0 aromatic rings. The molecule has 1 spiro atoms. The van der Waals surface area contributed by atoms with Crippen LogP contribution in [0.5, 0.6) is 0 Å². The summed E-state index contributed by atoms with van der Waals surface area (Å²) in [6, 6.07) is 0.953. The van der Waals surface area contributed by atoms with Crippen molar-refractivity contribution in [1.29, 1.82) is 0 Å². The van der Waals surface area contributed by atoms with Crippen molar-refractivity contribution < 1.29 is 19.4 Å². The smallest absolute Gasteiger partial charge is 0.410 e. The largest absolute Gasteiger partial charge is 0.465 e. The first kappa shape index (κ1) is 20.8. The van der Waals surface area contributed by atoms with E-state index in [9.17, 15) is 14.7 Å². The second kappa shape index (κ2) is 7.64. The van der Waals surface area contributed by atoms with Crippen LogP contribution in [0.25, 0.3) is 0 Å². The van der Waals surface area contributed by atoms with Gasteiger partial charge in [-0.05, 0) is 90.1 Å². The van der Waals surface area contributed by atoms with E-state index in [0.29, 0.717) is 24.5 Å². The van der Waals surface area contributed by atoms with Crippen molar-refractivity contribution in [3.63, 3.8) is 0 Å². The van der Waals surface area contributed by atoms with Gasteiger partial charge in [0.05, 0.1) is 0 Å². The molecule has 0 radical (unpaired) electrons. The molecule has 7 heteroatoms. The van der Waals surface area contributed by atoms with Crippen LogP contribution in [0.3, 0.4) is 0 Å². The van der Waals surface area contributed by atoms with Crippen LogP contribution in [0.15, 0.2) is 0 Å². The zero-order valence-corrected chi connectivity index (χ0v) is 18.2. The van der Waals surface area contributed by atoms with Crippen molar-refractivity contribution in [2.45, 2.75) is 83.4 Å². The molecule has 0 aromatic heterocycles. The molecule has 164 valence electrons. The summed E-state index contributed by atoms with van der Waals surface area (Å²) in [6.45, 7) is 10.2. The molecule has 4 fully saturated rings. The fourth-order valence-corrected chi connectivity index (χ4v) is 6.13. The third-order valence-electron chi connectivity index (χ3n) is 7.61. The number of amides is 2. The molecule has 4 aliphatic rings. The summed E-state index contributed by atoms with van der Waals surface area (Å²) in [6.07, 6.45) is 6.88. The van der Waals surface area contributed by atoms with Gasteiger partial charge in [-0.25, -0.2) is 9.59 Å². The van der Waals surface area contributed by atoms with Gasteiger partial charge in [-0.2, -0.15) is 0 Å².